The number of likely N-dealkylation sites (tertiary alicyclic amines) is 1. The zero-order valence-electron chi connectivity index (χ0n) is 20.7. The molecule has 4 rings (SSSR count). The number of aliphatic hydroxyl groups excluding tert-OH is 1. The molecule has 0 unspecified atom stereocenters. The number of β-amino-alcohol motifs (C(OH)–C–C–N with tert-alkyl or cyclic N) is 1. The first-order valence-electron chi connectivity index (χ1n) is 12.7. The molecule has 1 saturated heterocycles. The molecule has 1 aromatic heterocycles. The number of hydrogen-bond acceptors (Lipinski definition) is 5. The van der Waals surface area contributed by atoms with E-state index in [2.05, 4.69) is 10.2 Å². The molecule has 0 spiro atoms. The summed E-state index contributed by atoms with van der Waals surface area (Å²) < 4.78 is 1.71. The van der Waals surface area contributed by atoms with Gasteiger partial charge >= 0.3 is 0 Å². The van der Waals surface area contributed by atoms with Gasteiger partial charge in [0.2, 0.25) is 0 Å². The SMILES string of the molecule is Cc1cccc2c1cc(C(=O)NCC1CCN(C[C@]3(O)CC[C@H](O)CC3)CC1)c(=O)n2C(C)C. The third kappa shape index (κ3) is 5.37. The monoisotopic (exact) mass is 469 g/mol. The van der Waals surface area contributed by atoms with E-state index in [1.54, 1.807) is 10.6 Å². The molecule has 3 N–H and O–H groups in total. The minimum atomic E-state index is -0.690. The average molecular weight is 470 g/mol. The van der Waals surface area contributed by atoms with Crippen LogP contribution in [0.25, 0.3) is 10.9 Å². The molecule has 0 radical (unpaired) electrons. The highest BCUT2D eigenvalue weighted by atomic mass is 16.3. The number of aromatic nitrogens is 1. The number of rotatable bonds is 6. The molecular weight excluding hydrogens is 430 g/mol. The normalized spacial score (nSPS) is 24.6. The molecule has 1 aromatic carbocycles. The first-order valence-corrected chi connectivity index (χ1v) is 12.7. The quantitative estimate of drug-likeness (QED) is 0.605. The third-order valence-electron chi connectivity index (χ3n) is 7.72. The van der Waals surface area contributed by atoms with Gasteiger partial charge in [0.25, 0.3) is 11.5 Å². The molecule has 1 amide bonds. The van der Waals surface area contributed by atoms with Crippen molar-refractivity contribution in [1.29, 1.82) is 0 Å². The number of carbonyl (C=O) groups is 1. The Morgan fingerprint density at radius 1 is 1.18 bits per heavy atom. The number of fused-ring (bicyclic) bond motifs is 1. The molecule has 2 heterocycles. The molecule has 0 bridgehead atoms. The van der Waals surface area contributed by atoms with E-state index in [-0.39, 0.29) is 29.2 Å². The summed E-state index contributed by atoms with van der Waals surface area (Å²) in [5, 5.41) is 24.5. The van der Waals surface area contributed by atoms with E-state index in [0.29, 0.717) is 44.7 Å². The van der Waals surface area contributed by atoms with Crippen LogP contribution in [0.1, 0.15) is 74.3 Å². The van der Waals surface area contributed by atoms with Gasteiger partial charge in [-0.1, -0.05) is 12.1 Å². The molecule has 2 fully saturated rings. The Morgan fingerprint density at radius 2 is 1.85 bits per heavy atom. The third-order valence-corrected chi connectivity index (χ3v) is 7.72. The molecule has 1 aliphatic heterocycles. The topological polar surface area (TPSA) is 94.8 Å². The van der Waals surface area contributed by atoms with Crippen molar-refractivity contribution in [3.63, 3.8) is 0 Å². The van der Waals surface area contributed by atoms with E-state index in [9.17, 15) is 19.8 Å². The minimum Gasteiger partial charge on any atom is -0.393 e. The van der Waals surface area contributed by atoms with Gasteiger partial charge < -0.3 is 25.0 Å². The lowest BCUT2D eigenvalue weighted by Gasteiger charge is -2.41. The van der Waals surface area contributed by atoms with Crippen LogP contribution < -0.4 is 10.9 Å². The smallest absolute Gasteiger partial charge is 0.264 e. The predicted octanol–water partition coefficient (Wildman–Crippen LogP) is 3.00. The summed E-state index contributed by atoms with van der Waals surface area (Å²) in [6, 6.07) is 7.57. The summed E-state index contributed by atoms with van der Waals surface area (Å²) >= 11 is 0. The van der Waals surface area contributed by atoms with Crippen LogP contribution in [0.2, 0.25) is 0 Å². The first-order chi connectivity index (χ1) is 16.2. The maximum Gasteiger partial charge on any atom is 0.264 e. The van der Waals surface area contributed by atoms with Crippen LogP contribution in [0, 0.1) is 12.8 Å². The highest BCUT2D eigenvalue weighted by Gasteiger charge is 2.35. The van der Waals surface area contributed by atoms with Gasteiger partial charge in [-0.3, -0.25) is 9.59 Å². The Kier molecular flexibility index (Phi) is 7.45. The summed E-state index contributed by atoms with van der Waals surface area (Å²) in [5.74, 6) is 0.0552. The van der Waals surface area contributed by atoms with Gasteiger partial charge in [-0.25, -0.2) is 0 Å². The number of aliphatic hydroxyl groups is 2. The van der Waals surface area contributed by atoms with Crippen molar-refractivity contribution in [3.8, 4) is 0 Å². The number of amides is 1. The molecule has 186 valence electrons. The second-order valence-electron chi connectivity index (χ2n) is 10.7. The van der Waals surface area contributed by atoms with Gasteiger partial charge in [-0.2, -0.15) is 0 Å². The van der Waals surface area contributed by atoms with Crippen LogP contribution in [-0.2, 0) is 0 Å². The fourth-order valence-corrected chi connectivity index (χ4v) is 5.58. The van der Waals surface area contributed by atoms with Crippen molar-refractivity contribution < 1.29 is 15.0 Å². The Labute approximate surface area is 201 Å². The number of piperidine rings is 1. The molecular formula is C27H39N3O4. The van der Waals surface area contributed by atoms with E-state index in [4.69, 9.17) is 0 Å². The van der Waals surface area contributed by atoms with Gasteiger partial charge in [0.15, 0.2) is 0 Å². The molecule has 1 aliphatic carbocycles. The number of aryl methyl sites for hydroxylation is 1. The lowest BCUT2D eigenvalue weighted by Crippen LogP contribution is -2.49. The van der Waals surface area contributed by atoms with Crippen LogP contribution in [0.15, 0.2) is 29.1 Å². The highest BCUT2D eigenvalue weighted by molar-refractivity contribution is 5.98. The Balaban J connectivity index is 1.36. The second-order valence-corrected chi connectivity index (χ2v) is 10.7. The van der Waals surface area contributed by atoms with Crippen molar-refractivity contribution in [1.82, 2.24) is 14.8 Å². The summed E-state index contributed by atoms with van der Waals surface area (Å²) in [6.07, 6.45) is 4.29. The van der Waals surface area contributed by atoms with Gasteiger partial charge in [0, 0.05) is 24.5 Å². The molecule has 0 atom stereocenters. The predicted molar refractivity (Wildman–Crippen MR) is 134 cm³/mol. The Morgan fingerprint density at radius 3 is 2.50 bits per heavy atom. The maximum absolute atomic E-state index is 13.2. The fourth-order valence-electron chi connectivity index (χ4n) is 5.58. The van der Waals surface area contributed by atoms with E-state index >= 15 is 0 Å². The summed E-state index contributed by atoms with van der Waals surface area (Å²) in [6.45, 7) is 8.91. The average Bonchev–Trinajstić information content (AvgIpc) is 2.80. The first kappa shape index (κ1) is 24.9. The standard InChI is InChI=1S/C27H39N3O4/c1-18(2)30-24-6-4-5-19(3)22(24)15-23(26(30)33)25(32)28-16-20-9-13-29(14-10-20)17-27(34)11-7-21(31)8-12-27/h4-6,15,18,20-21,31,34H,7-14,16-17H2,1-3H3,(H,28,32)/t21-,27-. The van der Waals surface area contributed by atoms with Gasteiger partial charge in [-0.05, 0) is 96.0 Å². The minimum absolute atomic E-state index is 0.0453. The van der Waals surface area contributed by atoms with Gasteiger partial charge in [0.05, 0.1) is 17.2 Å². The van der Waals surface area contributed by atoms with E-state index < -0.39 is 5.60 Å². The molecule has 2 aromatic rings. The number of carbonyl (C=O) groups excluding carboxylic acids is 1. The maximum atomic E-state index is 13.2. The zero-order valence-corrected chi connectivity index (χ0v) is 20.7. The highest BCUT2D eigenvalue weighted by Crippen LogP contribution is 2.30. The van der Waals surface area contributed by atoms with Crippen LogP contribution in [-0.4, -0.2) is 63.5 Å². The van der Waals surface area contributed by atoms with Gasteiger partial charge in [-0.15, -0.1) is 0 Å². The fraction of sp³-hybridized carbons (Fsp3) is 0.630. The number of nitrogens with zero attached hydrogens (tertiary/aromatic N) is 2. The molecule has 7 heteroatoms. The number of benzene rings is 1. The summed E-state index contributed by atoms with van der Waals surface area (Å²) in [4.78, 5) is 28.5. The van der Waals surface area contributed by atoms with E-state index in [1.165, 1.54) is 0 Å². The van der Waals surface area contributed by atoms with E-state index in [0.717, 1.165) is 42.4 Å². The molecule has 2 aliphatic rings. The van der Waals surface area contributed by atoms with Crippen molar-refractivity contribution in [2.75, 3.05) is 26.2 Å². The Hall–Kier alpha value is -2.22. The zero-order chi connectivity index (χ0) is 24.5. The number of hydrogen-bond donors (Lipinski definition) is 3. The van der Waals surface area contributed by atoms with Crippen molar-refractivity contribution in [2.45, 2.75) is 77.0 Å². The number of pyridine rings is 1. The van der Waals surface area contributed by atoms with Crippen LogP contribution in [0.3, 0.4) is 0 Å². The van der Waals surface area contributed by atoms with Crippen LogP contribution in [0.5, 0.6) is 0 Å². The van der Waals surface area contributed by atoms with Crippen LogP contribution >= 0.6 is 0 Å². The van der Waals surface area contributed by atoms with Crippen LogP contribution in [0.4, 0.5) is 0 Å². The molecule has 34 heavy (non-hydrogen) atoms. The largest absolute Gasteiger partial charge is 0.393 e. The van der Waals surface area contributed by atoms with Gasteiger partial charge in [0.1, 0.15) is 5.56 Å². The molecule has 1 saturated carbocycles. The number of nitrogens with one attached hydrogen (secondary N) is 1. The van der Waals surface area contributed by atoms with E-state index in [1.807, 2.05) is 39.0 Å². The summed E-state index contributed by atoms with van der Waals surface area (Å²) in [7, 11) is 0. The summed E-state index contributed by atoms with van der Waals surface area (Å²) in [5.41, 5.74) is 1.17. The van der Waals surface area contributed by atoms with Crippen molar-refractivity contribution in [2.24, 2.45) is 5.92 Å². The molecule has 7 nitrogen and oxygen atoms in total. The Bertz CT molecular complexity index is 1080. The van der Waals surface area contributed by atoms with Crippen molar-refractivity contribution in [3.05, 3.63) is 45.7 Å². The lowest BCUT2D eigenvalue weighted by molar-refractivity contribution is -0.0572. The lowest BCUT2D eigenvalue weighted by atomic mass is 9.82. The second kappa shape index (κ2) is 10.2. The van der Waals surface area contributed by atoms with Crippen molar-refractivity contribution >= 4 is 16.8 Å².